The summed E-state index contributed by atoms with van der Waals surface area (Å²) < 4.78 is 38.1. The fourth-order valence-corrected chi connectivity index (χ4v) is 2.76. The van der Waals surface area contributed by atoms with Crippen molar-refractivity contribution in [1.29, 1.82) is 0 Å². The molecule has 0 bridgehead atoms. The first kappa shape index (κ1) is 15.6. The van der Waals surface area contributed by atoms with Gasteiger partial charge in [0.05, 0.1) is 11.1 Å². The molecule has 0 saturated heterocycles. The fraction of sp³-hybridized carbons (Fsp3) is 0.500. The molecule has 1 aromatic rings. The molecule has 1 amide bonds. The molecule has 21 heavy (non-hydrogen) atoms. The van der Waals surface area contributed by atoms with Gasteiger partial charge in [0, 0.05) is 11.7 Å². The van der Waals surface area contributed by atoms with E-state index >= 15 is 0 Å². The van der Waals surface area contributed by atoms with Gasteiger partial charge in [-0.25, -0.2) is 0 Å². The van der Waals surface area contributed by atoms with Gasteiger partial charge in [0.15, 0.2) is 0 Å². The standard InChI is InChI=1S/C14H18F3N3O/c15-14(16,17)9-4-5-12(10(6-9)13(19)21)20-11-3-1-2-8(11)7-18/h4-6,8,11,20H,1-3,7,18H2,(H2,19,21). The van der Waals surface area contributed by atoms with Gasteiger partial charge in [-0.15, -0.1) is 0 Å². The van der Waals surface area contributed by atoms with Gasteiger partial charge in [0.25, 0.3) is 5.91 Å². The fourth-order valence-electron chi connectivity index (χ4n) is 2.76. The van der Waals surface area contributed by atoms with Crippen molar-refractivity contribution < 1.29 is 18.0 Å². The SMILES string of the molecule is NCC1CCCC1Nc1ccc(C(F)(F)F)cc1C(N)=O. The predicted octanol–water partition coefficient (Wildman–Crippen LogP) is 2.34. The lowest BCUT2D eigenvalue weighted by Gasteiger charge is -2.22. The maximum Gasteiger partial charge on any atom is 0.416 e. The molecular weight excluding hydrogens is 283 g/mol. The molecule has 2 unspecified atom stereocenters. The largest absolute Gasteiger partial charge is 0.416 e. The van der Waals surface area contributed by atoms with E-state index in [-0.39, 0.29) is 17.5 Å². The molecule has 1 aliphatic rings. The van der Waals surface area contributed by atoms with Crippen LogP contribution in [0.3, 0.4) is 0 Å². The third-order valence-electron chi connectivity index (χ3n) is 3.92. The summed E-state index contributed by atoms with van der Waals surface area (Å²) in [5.74, 6) is -0.626. The Labute approximate surface area is 120 Å². The van der Waals surface area contributed by atoms with E-state index in [0.29, 0.717) is 12.2 Å². The molecule has 4 nitrogen and oxygen atoms in total. The number of primary amides is 1. The Kier molecular flexibility index (Phi) is 4.41. The van der Waals surface area contributed by atoms with Crippen molar-refractivity contribution in [1.82, 2.24) is 0 Å². The Hall–Kier alpha value is -1.76. The number of nitrogens with one attached hydrogen (secondary N) is 1. The van der Waals surface area contributed by atoms with Crippen molar-refractivity contribution in [3.8, 4) is 0 Å². The summed E-state index contributed by atoms with van der Waals surface area (Å²) in [4.78, 5) is 11.4. The highest BCUT2D eigenvalue weighted by Crippen LogP contribution is 2.33. The van der Waals surface area contributed by atoms with Crippen molar-refractivity contribution in [3.63, 3.8) is 0 Å². The quantitative estimate of drug-likeness (QED) is 0.798. The number of anilines is 1. The maximum absolute atomic E-state index is 12.7. The molecule has 1 fully saturated rings. The molecule has 1 saturated carbocycles. The zero-order valence-electron chi connectivity index (χ0n) is 11.4. The molecule has 0 heterocycles. The average Bonchev–Trinajstić information content (AvgIpc) is 2.84. The number of rotatable bonds is 4. The van der Waals surface area contributed by atoms with Crippen LogP contribution in [0.4, 0.5) is 18.9 Å². The monoisotopic (exact) mass is 301 g/mol. The second kappa shape index (κ2) is 5.93. The lowest BCUT2D eigenvalue weighted by atomic mass is 10.0. The van der Waals surface area contributed by atoms with Gasteiger partial charge in [-0.3, -0.25) is 4.79 Å². The van der Waals surface area contributed by atoms with E-state index < -0.39 is 17.6 Å². The number of alkyl halides is 3. The highest BCUT2D eigenvalue weighted by Gasteiger charge is 2.32. The zero-order valence-corrected chi connectivity index (χ0v) is 11.4. The number of nitrogens with two attached hydrogens (primary N) is 2. The zero-order chi connectivity index (χ0) is 15.6. The van der Waals surface area contributed by atoms with Crippen molar-refractivity contribution in [3.05, 3.63) is 29.3 Å². The van der Waals surface area contributed by atoms with E-state index in [1.54, 1.807) is 0 Å². The van der Waals surface area contributed by atoms with Crippen molar-refractivity contribution in [2.75, 3.05) is 11.9 Å². The molecule has 2 atom stereocenters. The van der Waals surface area contributed by atoms with Crippen LogP contribution in [0.25, 0.3) is 0 Å². The molecule has 0 spiro atoms. The van der Waals surface area contributed by atoms with E-state index in [1.165, 1.54) is 6.07 Å². The first-order valence-corrected chi connectivity index (χ1v) is 6.80. The van der Waals surface area contributed by atoms with Crippen LogP contribution in [0.5, 0.6) is 0 Å². The van der Waals surface area contributed by atoms with E-state index in [1.807, 2.05) is 0 Å². The molecule has 0 aliphatic heterocycles. The normalized spacial score (nSPS) is 22.3. The van der Waals surface area contributed by atoms with Crippen LogP contribution in [0, 0.1) is 5.92 Å². The number of carbonyl (C=O) groups excluding carboxylic acids is 1. The molecule has 7 heteroatoms. The van der Waals surface area contributed by atoms with Gasteiger partial charge in [0.1, 0.15) is 0 Å². The molecular formula is C14H18F3N3O. The van der Waals surface area contributed by atoms with E-state index in [9.17, 15) is 18.0 Å². The Morgan fingerprint density at radius 1 is 1.33 bits per heavy atom. The molecule has 1 aliphatic carbocycles. The maximum atomic E-state index is 12.7. The topological polar surface area (TPSA) is 81.1 Å². The Morgan fingerprint density at radius 3 is 2.62 bits per heavy atom. The number of hydrogen-bond acceptors (Lipinski definition) is 3. The van der Waals surface area contributed by atoms with E-state index in [2.05, 4.69) is 5.32 Å². The lowest BCUT2D eigenvalue weighted by Crippen LogP contribution is -2.30. The third kappa shape index (κ3) is 3.47. The summed E-state index contributed by atoms with van der Waals surface area (Å²) in [5.41, 5.74) is 10.2. The second-order valence-corrected chi connectivity index (χ2v) is 5.30. The average molecular weight is 301 g/mol. The molecule has 2 rings (SSSR count). The number of carbonyl (C=O) groups is 1. The van der Waals surface area contributed by atoms with E-state index in [4.69, 9.17) is 11.5 Å². The molecule has 0 aromatic heterocycles. The van der Waals surface area contributed by atoms with Crippen LogP contribution >= 0.6 is 0 Å². The van der Waals surface area contributed by atoms with Crippen LogP contribution < -0.4 is 16.8 Å². The predicted molar refractivity (Wildman–Crippen MR) is 73.8 cm³/mol. The lowest BCUT2D eigenvalue weighted by molar-refractivity contribution is -0.137. The number of hydrogen-bond donors (Lipinski definition) is 3. The minimum absolute atomic E-state index is 0.0600. The second-order valence-electron chi connectivity index (χ2n) is 5.30. The Balaban J connectivity index is 2.29. The highest BCUT2D eigenvalue weighted by atomic mass is 19.4. The molecule has 0 radical (unpaired) electrons. The third-order valence-corrected chi connectivity index (χ3v) is 3.92. The number of halogens is 3. The van der Waals surface area contributed by atoms with Crippen molar-refractivity contribution >= 4 is 11.6 Å². The van der Waals surface area contributed by atoms with Crippen LogP contribution in [0.2, 0.25) is 0 Å². The highest BCUT2D eigenvalue weighted by molar-refractivity contribution is 5.98. The van der Waals surface area contributed by atoms with Gasteiger partial charge < -0.3 is 16.8 Å². The van der Waals surface area contributed by atoms with Gasteiger partial charge in [-0.2, -0.15) is 13.2 Å². The van der Waals surface area contributed by atoms with Crippen LogP contribution in [-0.2, 0) is 6.18 Å². The van der Waals surface area contributed by atoms with Gasteiger partial charge in [0.2, 0.25) is 0 Å². The first-order valence-electron chi connectivity index (χ1n) is 6.80. The first-order chi connectivity index (χ1) is 9.82. The summed E-state index contributed by atoms with van der Waals surface area (Å²) >= 11 is 0. The van der Waals surface area contributed by atoms with Gasteiger partial charge in [-0.1, -0.05) is 6.42 Å². The van der Waals surface area contributed by atoms with Crippen LogP contribution in [-0.4, -0.2) is 18.5 Å². The molecule has 1 aromatic carbocycles. The van der Waals surface area contributed by atoms with Crippen molar-refractivity contribution in [2.24, 2.45) is 17.4 Å². The number of benzene rings is 1. The van der Waals surface area contributed by atoms with Crippen LogP contribution in [0.15, 0.2) is 18.2 Å². The van der Waals surface area contributed by atoms with Crippen LogP contribution in [0.1, 0.15) is 35.2 Å². The Morgan fingerprint density at radius 2 is 2.05 bits per heavy atom. The summed E-state index contributed by atoms with van der Waals surface area (Å²) in [6.45, 7) is 0.504. The summed E-state index contributed by atoms with van der Waals surface area (Å²) in [6.07, 6.45) is -1.65. The molecule has 116 valence electrons. The summed E-state index contributed by atoms with van der Waals surface area (Å²) in [7, 11) is 0. The summed E-state index contributed by atoms with van der Waals surface area (Å²) in [6, 6.07) is 3.05. The van der Waals surface area contributed by atoms with Gasteiger partial charge >= 0.3 is 6.18 Å². The van der Waals surface area contributed by atoms with Crippen molar-refractivity contribution in [2.45, 2.75) is 31.5 Å². The number of amides is 1. The minimum atomic E-state index is -4.50. The Bertz CT molecular complexity index is 531. The smallest absolute Gasteiger partial charge is 0.381 e. The minimum Gasteiger partial charge on any atom is -0.381 e. The van der Waals surface area contributed by atoms with Gasteiger partial charge in [-0.05, 0) is 43.5 Å². The molecule has 5 N–H and O–H groups in total. The summed E-state index contributed by atoms with van der Waals surface area (Å²) in [5, 5.41) is 3.12. The van der Waals surface area contributed by atoms with E-state index in [0.717, 1.165) is 31.4 Å².